The van der Waals surface area contributed by atoms with Crippen LogP contribution in [0.5, 0.6) is 0 Å². The fraction of sp³-hybridized carbons (Fsp3) is 0.467. The molecule has 0 spiro atoms. The third kappa shape index (κ3) is 5.07. The summed E-state index contributed by atoms with van der Waals surface area (Å²) in [5, 5.41) is 9.73. The Morgan fingerprint density at radius 2 is 1.90 bits per heavy atom. The number of hydrogen-bond acceptors (Lipinski definition) is 5. The van der Waals surface area contributed by atoms with Crippen molar-refractivity contribution in [2.24, 2.45) is 5.41 Å². The van der Waals surface area contributed by atoms with Gasteiger partial charge in [-0.05, 0) is 25.8 Å². The topological polar surface area (TPSA) is 84.9 Å². The number of hydrogen-bond donors (Lipinski definition) is 2. The van der Waals surface area contributed by atoms with E-state index in [1.165, 1.54) is 0 Å². The van der Waals surface area contributed by atoms with E-state index < -0.39 is 23.6 Å². The van der Waals surface area contributed by atoms with E-state index in [2.05, 4.69) is 4.84 Å². The monoisotopic (exact) mass is 295 g/mol. The Morgan fingerprint density at radius 1 is 1.29 bits per heavy atom. The number of rotatable bonds is 5. The van der Waals surface area contributed by atoms with Gasteiger partial charge in [0.25, 0.3) is 0 Å². The molecule has 6 heteroatoms. The summed E-state index contributed by atoms with van der Waals surface area (Å²) in [7, 11) is 0. The van der Waals surface area contributed by atoms with Gasteiger partial charge >= 0.3 is 12.1 Å². The van der Waals surface area contributed by atoms with Crippen LogP contribution in [-0.2, 0) is 21.0 Å². The quantitative estimate of drug-likeness (QED) is 0.813. The third-order valence-electron chi connectivity index (χ3n) is 3.19. The molecule has 1 aromatic rings. The van der Waals surface area contributed by atoms with Gasteiger partial charge in [0.15, 0.2) is 0 Å². The van der Waals surface area contributed by atoms with Crippen LogP contribution in [0.15, 0.2) is 30.3 Å². The molecule has 21 heavy (non-hydrogen) atoms. The largest absolute Gasteiger partial charge is 0.443 e. The molecule has 6 nitrogen and oxygen atoms in total. The Kier molecular flexibility index (Phi) is 6.17. The first-order chi connectivity index (χ1) is 9.87. The highest BCUT2D eigenvalue weighted by Crippen LogP contribution is 2.24. The summed E-state index contributed by atoms with van der Waals surface area (Å²) in [6.45, 7) is 4.91. The molecule has 1 aromatic carbocycles. The molecule has 0 aromatic heterocycles. The highest BCUT2D eigenvalue weighted by molar-refractivity contribution is 5.78. The van der Waals surface area contributed by atoms with E-state index in [4.69, 9.17) is 4.74 Å². The summed E-state index contributed by atoms with van der Waals surface area (Å²) in [6, 6.07) is 9.11. The SMILES string of the molecule is CCC(O)C(C)(C)C(=O)ONC(=O)OCc1ccccc1. The number of aliphatic hydroxyl groups is 1. The molecule has 1 unspecified atom stereocenters. The Morgan fingerprint density at radius 3 is 2.48 bits per heavy atom. The summed E-state index contributed by atoms with van der Waals surface area (Å²) in [4.78, 5) is 27.9. The molecule has 116 valence electrons. The van der Waals surface area contributed by atoms with E-state index in [1.54, 1.807) is 32.9 Å². The molecule has 1 atom stereocenters. The van der Waals surface area contributed by atoms with E-state index in [0.717, 1.165) is 5.56 Å². The maximum atomic E-state index is 11.8. The van der Waals surface area contributed by atoms with E-state index in [1.807, 2.05) is 23.7 Å². The molecule has 1 amide bonds. The predicted molar refractivity (Wildman–Crippen MR) is 75.9 cm³/mol. The molecule has 0 saturated heterocycles. The van der Waals surface area contributed by atoms with Crippen molar-refractivity contribution in [3.8, 4) is 0 Å². The van der Waals surface area contributed by atoms with Gasteiger partial charge in [-0.2, -0.15) is 0 Å². The van der Waals surface area contributed by atoms with Gasteiger partial charge in [-0.1, -0.05) is 37.3 Å². The van der Waals surface area contributed by atoms with Crippen molar-refractivity contribution in [1.82, 2.24) is 5.48 Å². The van der Waals surface area contributed by atoms with Gasteiger partial charge < -0.3 is 14.7 Å². The minimum absolute atomic E-state index is 0.0746. The second-order valence-electron chi connectivity index (χ2n) is 5.20. The highest BCUT2D eigenvalue weighted by Gasteiger charge is 2.37. The van der Waals surface area contributed by atoms with E-state index in [9.17, 15) is 14.7 Å². The lowest BCUT2D eigenvalue weighted by atomic mass is 9.85. The van der Waals surface area contributed by atoms with Gasteiger partial charge in [-0.25, -0.2) is 9.59 Å². The minimum atomic E-state index is -1.11. The number of amides is 1. The van der Waals surface area contributed by atoms with Crippen LogP contribution in [-0.4, -0.2) is 23.3 Å². The molecule has 0 saturated carbocycles. The summed E-state index contributed by atoms with van der Waals surface area (Å²) in [5.41, 5.74) is 1.63. The van der Waals surface area contributed by atoms with Gasteiger partial charge in [0.05, 0.1) is 11.5 Å². The van der Waals surface area contributed by atoms with Gasteiger partial charge in [0, 0.05) is 0 Å². The van der Waals surface area contributed by atoms with Crippen LogP contribution in [0.25, 0.3) is 0 Å². The smallest absolute Gasteiger partial charge is 0.441 e. The van der Waals surface area contributed by atoms with Crippen molar-refractivity contribution in [2.75, 3.05) is 0 Å². The average Bonchev–Trinajstić information content (AvgIpc) is 2.50. The minimum Gasteiger partial charge on any atom is -0.443 e. The van der Waals surface area contributed by atoms with Crippen molar-refractivity contribution in [2.45, 2.75) is 39.9 Å². The van der Waals surface area contributed by atoms with Crippen molar-refractivity contribution in [3.63, 3.8) is 0 Å². The Hall–Kier alpha value is -2.08. The molecular weight excluding hydrogens is 274 g/mol. The molecule has 0 aliphatic heterocycles. The fourth-order valence-electron chi connectivity index (χ4n) is 1.62. The summed E-state index contributed by atoms with van der Waals surface area (Å²) < 4.78 is 4.89. The van der Waals surface area contributed by atoms with Gasteiger partial charge in [-0.3, -0.25) is 0 Å². The molecular formula is C15H21NO5. The summed E-state index contributed by atoms with van der Waals surface area (Å²) in [5.74, 6) is -0.728. The standard InChI is InChI=1S/C15H21NO5/c1-4-12(17)15(2,3)13(18)21-16-14(19)20-10-11-8-6-5-7-9-11/h5-9,12,17H,4,10H2,1-3H3,(H,16,19). The van der Waals surface area contributed by atoms with Crippen LogP contribution in [0.3, 0.4) is 0 Å². The highest BCUT2D eigenvalue weighted by atomic mass is 16.7. The van der Waals surface area contributed by atoms with Crippen LogP contribution in [0.2, 0.25) is 0 Å². The Labute approximate surface area is 124 Å². The summed E-state index contributed by atoms with van der Waals surface area (Å²) in [6.07, 6.45) is -1.32. The fourth-order valence-corrected chi connectivity index (χ4v) is 1.62. The van der Waals surface area contributed by atoms with Crippen molar-refractivity contribution in [3.05, 3.63) is 35.9 Å². The number of hydroxylamine groups is 1. The third-order valence-corrected chi connectivity index (χ3v) is 3.19. The van der Waals surface area contributed by atoms with Gasteiger partial charge in [-0.15, -0.1) is 5.48 Å². The van der Waals surface area contributed by atoms with Crippen LogP contribution in [0.1, 0.15) is 32.8 Å². The van der Waals surface area contributed by atoms with Crippen molar-refractivity contribution < 1.29 is 24.3 Å². The zero-order chi connectivity index (χ0) is 15.9. The second-order valence-corrected chi connectivity index (χ2v) is 5.20. The normalized spacial score (nSPS) is 12.4. The molecule has 0 radical (unpaired) electrons. The molecule has 0 heterocycles. The zero-order valence-electron chi connectivity index (χ0n) is 12.5. The molecule has 0 bridgehead atoms. The van der Waals surface area contributed by atoms with Crippen molar-refractivity contribution in [1.29, 1.82) is 0 Å². The van der Waals surface area contributed by atoms with Gasteiger partial charge in [0.1, 0.15) is 6.61 Å². The van der Waals surface area contributed by atoms with Crippen LogP contribution in [0.4, 0.5) is 4.79 Å². The van der Waals surface area contributed by atoms with Gasteiger partial charge in [0.2, 0.25) is 0 Å². The first-order valence-electron chi connectivity index (χ1n) is 6.74. The summed E-state index contributed by atoms with van der Waals surface area (Å²) >= 11 is 0. The predicted octanol–water partition coefficient (Wildman–Crippen LogP) is 2.17. The number of aliphatic hydroxyl groups excluding tert-OH is 1. The molecule has 1 rings (SSSR count). The number of carbonyl (C=O) groups is 2. The van der Waals surface area contributed by atoms with Crippen LogP contribution < -0.4 is 5.48 Å². The van der Waals surface area contributed by atoms with Crippen LogP contribution in [0, 0.1) is 5.41 Å². The number of ether oxygens (including phenoxy) is 1. The number of benzene rings is 1. The maximum absolute atomic E-state index is 11.8. The van der Waals surface area contributed by atoms with Crippen molar-refractivity contribution >= 4 is 12.1 Å². The van der Waals surface area contributed by atoms with Crippen LogP contribution >= 0.6 is 0 Å². The lowest BCUT2D eigenvalue weighted by Crippen LogP contribution is -2.41. The Bertz CT molecular complexity index is 472. The number of carbonyl (C=O) groups excluding carboxylic acids is 2. The second kappa shape index (κ2) is 7.64. The lowest BCUT2D eigenvalue weighted by molar-refractivity contribution is -0.167. The first kappa shape index (κ1) is 17.0. The zero-order valence-corrected chi connectivity index (χ0v) is 12.5. The van der Waals surface area contributed by atoms with E-state index >= 15 is 0 Å². The molecule has 0 aliphatic carbocycles. The Balaban J connectivity index is 2.37. The van der Waals surface area contributed by atoms with E-state index in [-0.39, 0.29) is 6.61 Å². The molecule has 2 N–H and O–H groups in total. The number of nitrogens with one attached hydrogen (secondary N) is 1. The molecule has 0 aliphatic rings. The molecule has 0 fully saturated rings. The lowest BCUT2D eigenvalue weighted by Gasteiger charge is -2.26. The van der Waals surface area contributed by atoms with E-state index in [0.29, 0.717) is 6.42 Å². The first-order valence-corrected chi connectivity index (χ1v) is 6.74. The average molecular weight is 295 g/mol. The maximum Gasteiger partial charge on any atom is 0.441 e.